The molecule has 6 heteroatoms. The summed E-state index contributed by atoms with van der Waals surface area (Å²) in [5.41, 5.74) is 1.85. The molecular weight excluding hydrogens is 322 g/mol. The molecule has 4 rings (SSSR count). The zero-order valence-electron chi connectivity index (χ0n) is 13.5. The first-order valence-corrected chi connectivity index (χ1v) is 9.30. The molecular formula is C18H21N3O2S. The van der Waals surface area contributed by atoms with Crippen molar-refractivity contribution >= 4 is 38.3 Å². The molecule has 0 unspecified atom stereocenters. The lowest BCUT2D eigenvalue weighted by atomic mass is 9.93. The maximum absolute atomic E-state index is 12.4. The van der Waals surface area contributed by atoms with E-state index in [-0.39, 0.29) is 11.8 Å². The van der Waals surface area contributed by atoms with Gasteiger partial charge in [0, 0.05) is 24.7 Å². The summed E-state index contributed by atoms with van der Waals surface area (Å²) in [6.07, 6.45) is 7.03. The molecule has 1 fully saturated rings. The first-order valence-electron chi connectivity index (χ1n) is 8.49. The summed E-state index contributed by atoms with van der Waals surface area (Å²) < 4.78 is 6.51. The van der Waals surface area contributed by atoms with Gasteiger partial charge in [0.25, 0.3) is 0 Å². The number of carbonyl (C=O) groups is 1. The molecule has 0 spiro atoms. The predicted molar refractivity (Wildman–Crippen MR) is 97.8 cm³/mol. The number of ether oxygens (including phenoxy) is 1. The van der Waals surface area contributed by atoms with E-state index >= 15 is 0 Å². The molecule has 126 valence electrons. The third kappa shape index (κ3) is 3.30. The van der Waals surface area contributed by atoms with E-state index in [1.54, 1.807) is 11.3 Å². The number of amides is 1. The second-order valence-electron chi connectivity index (χ2n) is 6.25. The molecule has 1 N–H and O–H groups in total. The Morgan fingerprint density at radius 3 is 2.96 bits per heavy atom. The first-order chi connectivity index (χ1) is 11.8. The number of fused-ring (bicyclic) bond motifs is 1. The average molecular weight is 343 g/mol. The fraction of sp³-hybridized carbons (Fsp3) is 0.444. The minimum absolute atomic E-state index is 0.0936. The number of carbonyl (C=O) groups excluding carboxylic acids is 1. The Balaban J connectivity index is 1.50. The largest absolute Gasteiger partial charge is 0.378 e. The maximum atomic E-state index is 12.4. The zero-order chi connectivity index (χ0) is 16.4. The number of morpholine rings is 1. The van der Waals surface area contributed by atoms with E-state index in [0.29, 0.717) is 0 Å². The van der Waals surface area contributed by atoms with E-state index in [2.05, 4.69) is 22.4 Å². The number of hydrogen-bond donors (Lipinski definition) is 1. The molecule has 24 heavy (non-hydrogen) atoms. The van der Waals surface area contributed by atoms with Crippen LogP contribution in [0.3, 0.4) is 0 Å². The Morgan fingerprint density at radius 1 is 1.29 bits per heavy atom. The van der Waals surface area contributed by atoms with Crippen molar-refractivity contribution in [2.75, 3.05) is 36.5 Å². The van der Waals surface area contributed by atoms with Gasteiger partial charge >= 0.3 is 0 Å². The minimum Gasteiger partial charge on any atom is -0.378 e. The number of nitrogens with zero attached hydrogens (tertiary/aromatic N) is 2. The number of aromatic nitrogens is 1. The summed E-state index contributed by atoms with van der Waals surface area (Å²) in [7, 11) is 0. The summed E-state index contributed by atoms with van der Waals surface area (Å²) in [5, 5.41) is 4.10. The van der Waals surface area contributed by atoms with Crippen molar-refractivity contribution in [3.63, 3.8) is 0 Å². The van der Waals surface area contributed by atoms with Crippen molar-refractivity contribution in [1.29, 1.82) is 0 Å². The normalized spacial score (nSPS) is 21.2. The zero-order valence-corrected chi connectivity index (χ0v) is 14.3. The number of nitrogens with one attached hydrogen (secondary N) is 1. The van der Waals surface area contributed by atoms with E-state index in [1.807, 2.05) is 18.2 Å². The monoisotopic (exact) mass is 343 g/mol. The molecule has 0 radical (unpaired) electrons. The highest BCUT2D eigenvalue weighted by molar-refractivity contribution is 7.22. The van der Waals surface area contributed by atoms with Gasteiger partial charge in [0.15, 0.2) is 5.13 Å². The molecule has 1 aliphatic carbocycles. The number of rotatable bonds is 3. The summed E-state index contributed by atoms with van der Waals surface area (Å²) in [6.45, 7) is 3.29. The van der Waals surface area contributed by atoms with Crippen LogP contribution in [0.1, 0.15) is 19.3 Å². The third-order valence-electron chi connectivity index (χ3n) is 4.57. The molecule has 2 aromatic rings. The molecule has 0 bridgehead atoms. The third-order valence-corrected chi connectivity index (χ3v) is 5.65. The molecule has 5 nitrogen and oxygen atoms in total. The van der Waals surface area contributed by atoms with E-state index in [9.17, 15) is 4.79 Å². The molecule has 1 aliphatic heterocycles. The highest BCUT2D eigenvalue weighted by atomic mass is 32.1. The van der Waals surface area contributed by atoms with Crippen molar-refractivity contribution in [3.05, 3.63) is 30.4 Å². The lowest BCUT2D eigenvalue weighted by Gasteiger charge is -2.25. The van der Waals surface area contributed by atoms with Crippen LogP contribution in [0.5, 0.6) is 0 Å². The Bertz CT molecular complexity index is 765. The van der Waals surface area contributed by atoms with Gasteiger partial charge < -0.3 is 15.0 Å². The van der Waals surface area contributed by atoms with E-state index in [0.717, 1.165) is 66.6 Å². The van der Waals surface area contributed by atoms with Crippen LogP contribution in [-0.4, -0.2) is 37.2 Å². The number of benzene rings is 1. The molecule has 2 heterocycles. The van der Waals surface area contributed by atoms with E-state index in [1.165, 1.54) is 0 Å². The second kappa shape index (κ2) is 6.91. The van der Waals surface area contributed by atoms with Crippen LogP contribution in [0.25, 0.3) is 10.2 Å². The average Bonchev–Trinajstić information content (AvgIpc) is 3.06. The first kappa shape index (κ1) is 15.6. The van der Waals surface area contributed by atoms with Gasteiger partial charge in [0.2, 0.25) is 5.91 Å². The summed E-state index contributed by atoms with van der Waals surface area (Å²) in [4.78, 5) is 19.4. The maximum Gasteiger partial charge on any atom is 0.227 e. The molecule has 1 atom stereocenters. The quantitative estimate of drug-likeness (QED) is 0.868. The Labute approximate surface area is 145 Å². The van der Waals surface area contributed by atoms with Crippen molar-refractivity contribution in [3.8, 4) is 0 Å². The van der Waals surface area contributed by atoms with E-state index < -0.39 is 0 Å². The highest BCUT2D eigenvalue weighted by Gasteiger charge is 2.19. The lowest BCUT2D eigenvalue weighted by molar-refractivity contribution is -0.120. The van der Waals surface area contributed by atoms with Crippen LogP contribution in [-0.2, 0) is 9.53 Å². The minimum atomic E-state index is 0.0936. The van der Waals surface area contributed by atoms with Gasteiger partial charge in [-0.2, -0.15) is 0 Å². The number of thiazole rings is 1. The number of hydrogen-bond acceptors (Lipinski definition) is 5. The van der Waals surface area contributed by atoms with Crippen LogP contribution in [0.2, 0.25) is 0 Å². The SMILES string of the molecule is O=C(Nc1ccc2nc(N3CCOCC3)sc2c1)[C@@H]1CC=CCC1. The van der Waals surface area contributed by atoms with Gasteiger partial charge in [0.05, 0.1) is 23.4 Å². The van der Waals surface area contributed by atoms with Crippen molar-refractivity contribution in [2.45, 2.75) is 19.3 Å². The van der Waals surface area contributed by atoms with Gasteiger partial charge in [-0.3, -0.25) is 4.79 Å². The van der Waals surface area contributed by atoms with Crippen molar-refractivity contribution in [2.24, 2.45) is 5.92 Å². The summed E-state index contributed by atoms with van der Waals surface area (Å²) in [6, 6.07) is 5.97. The smallest absolute Gasteiger partial charge is 0.227 e. The molecule has 1 saturated heterocycles. The van der Waals surface area contributed by atoms with Crippen LogP contribution >= 0.6 is 11.3 Å². The van der Waals surface area contributed by atoms with Gasteiger partial charge in [-0.15, -0.1) is 0 Å². The summed E-state index contributed by atoms with van der Waals surface area (Å²) in [5.74, 6) is 0.215. The fourth-order valence-corrected chi connectivity index (χ4v) is 4.21. The van der Waals surface area contributed by atoms with Crippen LogP contribution in [0, 0.1) is 5.92 Å². The highest BCUT2D eigenvalue weighted by Crippen LogP contribution is 2.31. The topological polar surface area (TPSA) is 54.5 Å². The van der Waals surface area contributed by atoms with Crippen LogP contribution < -0.4 is 10.2 Å². The Hall–Kier alpha value is -1.92. The molecule has 1 aromatic heterocycles. The lowest BCUT2D eigenvalue weighted by Crippen LogP contribution is -2.36. The van der Waals surface area contributed by atoms with Crippen molar-refractivity contribution in [1.82, 2.24) is 4.98 Å². The standard InChI is InChI=1S/C18H21N3O2S/c22-17(13-4-2-1-3-5-13)19-14-6-7-15-16(12-14)24-18(20-15)21-8-10-23-11-9-21/h1-2,6-7,12-13H,3-5,8-11H2,(H,19,22)/t13-/m1/s1. The Kier molecular flexibility index (Phi) is 4.49. The van der Waals surface area contributed by atoms with E-state index in [4.69, 9.17) is 9.72 Å². The molecule has 0 saturated carbocycles. The number of anilines is 2. The molecule has 1 amide bonds. The Morgan fingerprint density at radius 2 is 2.17 bits per heavy atom. The molecule has 1 aromatic carbocycles. The summed E-state index contributed by atoms with van der Waals surface area (Å²) >= 11 is 1.68. The number of allylic oxidation sites excluding steroid dienone is 2. The van der Waals surface area contributed by atoms with Gasteiger partial charge in [-0.25, -0.2) is 4.98 Å². The second-order valence-corrected chi connectivity index (χ2v) is 7.26. The predicted octanol–water partition coefficient (Wildman–Crippen LogP) is 3.43. The van der Waals surface area contributed by atoms with Crippen LogP contribution in [0.4, 0.5) is 10.8 Å². The molecule has 2 aliphatic rings. The van der Waals surface area contributed by atoms with Gasteiger partial charge in [0.1, 0.15) is 0 Å². The van der Waals surface area contributed by atoms with Gasteiger partial charge in [-0.1, -0.05) is 23.5 Å². The van der Waals surface area contributed by atoms with Crippen LogP contribution in [0.15, 0.2) is 30.4 Å². The van der Waals surface area contributed by atoms with Gasteiger partial charge in [-0.05, 0) is 37.5 Å². The van der Waals surface area contributed by atoms with Crippen molar-refractivity contribution < 1.29 is 9.53 Å². The fourth-order valence-electron chi connectivity index (χ4n) is 3.16.